The number of halogens is 1. The molecule has 1 N–H and O–H groups in total. The number of hydrogen-bond acceptors (Lipinski definition) is 5. The molecule has 0 aliphatic carbocycles. The maximum absolute atomic E-state index is 11.3. The molecule has 0 aromatic carbocycles. The van der Waals surface area contributed by atoms with Gasteiger partial charge in [-0.15, -0.1) is 12.4 Å². The van der Waals surface area contributed by atoms with Gasteiger partial charge >= 0.3 is 5.97 Å². The molecule has 0 unspecified atom stereocenters. The highest BCUT2D eigenvalue weighted by atomic mass is 35.5. The quantitative estimate of drug-likeness (QED) is 0.740. The Hall–Kier alpha value is -1.33. The van der Waals surface area contributed by atoms with Gasteiger partial charge < -0.3 is 14.8 Å². The fourth-order valence-corrected chi connectivity index (χ4v) is 1.40. The minimum absolute atomic E-state index is 0. The first-order valence-corrected chi connectivity index (χ1v) is 4.72. The van der Waals surface area contributed by atoms with E-state index in [0.29, 0.717) is 24.5 Å². The van der Waals surface area contributed by atoms with Gasteiger partial charge in [0.2, 0.25) is 0 Å². The molecule has 0 saturated heterocycles. The van der Waals surface area contributed by atoms with Crippen molar-refractivity contribution in [1.82, 2.24) is 10.3 Å². The average Bonchev–Trinajstić information content (AvgIpc) is 2.51. The Balaban J connectivity index is 0.00000128. The molecular weight excluding hydrogens is 232 g/mol. The summed E-state index contributed by atoms with van der Waals surface area (Å²) in [6.45, 7) is 2.03. The van der Waals surface area contributed by atoms with E-state index in [4.69, 9.17) is 4.74 Å². The summed E-state index contributed by atoms with van der Waals surface area (Å²) in [7, 11) is 1.34. The molecular formula is C10H13ClN2O3. The van der Waals surface area contributed by atoms with Crippen LogP contribution in [-0.2, 0) is 11.3 Å². The molecule has 1 aromatic heterocycles. The Labute approximate surface area is 99.6 Å². The molecule has 1 aliphatic rings. The maximum Gasteiger partial charge on any atom is 0.339 e. The van der Waals surface area contributed by atoms with Crippen molar-refractivity contribution in [2.24, 2.45) is 0 Å². The molecule has 2 rings (SSSR count). The first-order valence-electron chi connectivity index (χ1n) is 4.72. The van der Waals surface area contributed by atoms with E-state index >= 15 is 0 Å². The molecule has 0 spiro atoms. The van der Waals surface area contributed by atoms with Crippen molar-refractivity contribution >= 4 is 18.4 Å². The molecule has 1 aliphatic heterocycles. The number of hydrogen-bond donors (Lipinski definition) is 1. The second-order valence-corrected chi connectivity index (χ2v) is 3.19. The summed E-state index contributed by atoms with van der Waals surface area (Å²) in [6.07, 6.45) is 1.50. The van der Waals surface area contributed by atoms with Crippen molar-refractivity contribution in [2.75, 3.05) is 20.3 Å². The largest absolute Gasteiger partial charge is 0.490 e. The summed E-state index contributed by atoms with van der Waals surface area (Å²) in [5.41, 5.74) is 1.23. The standard InChI is InChI=1S/C10H12N2O3.ClH/c1-14-10(13)7-4-9-8(12-5-7)6-11-2-3-15-9;/h4-5,11H,2-3,6H2,1H3;1H. The predicted molar refractivity (Wildman–Crippen MR) is 60.0 cm³/mol. The summed E-state index contributed by atoms with van der Waals surface area (Å²) in [6, 6.07) is 1.67. The summed E-state index contributed by atoms with van der Waals surface area (Å²) < 4.78 is 10.1. The minimum atomic E-state index is -0.397. The molecule has 0 bridgehead atoms. The number of pyridine rings is 1. The fraction of sp³-hybridized carbons (Fsp3) is 0.400. The molecule has 0 saturated carbocycles. The summed E-state index contributed by atoms with van der Waals surface area (Å²) >= 11 is 0. The van der Waals surface area contributed by atoms with Gasteiger partial charge in [0.15, 0.2) is 0 Å². The zero-order chi connectivity index (χ0) is 10.7. The van der Waals surface area contributed by atoms with Crippen LogP contribution >= 0.6 is 12.4 Å². The average molecular weight is 245 g/mol. The fourth-order valence-electron chi connectivity index (χ4n) is 1.40. The number of esters is 1. The SMILES string of the molecule is COC(=O)c1cnc2c(c1)OCCNC2.Cl. The van der Waals surface area contributed by atoms with E-state index in [1.165, 1.54) is 13.3 Å². The molecule has 0 fully saturated rings. The zero-order valence-electron chi connectivity index (χ0n) is 8.86. The van der Waals surface area contributed by atoms with Crippen molar-refractivity contribution in [3.63, 3.8) is 0 Å². The lowest BCUT2D eigenvalue weighted by Gasteiger charge is -2.06. The second-order valence-electron chi connectivity index (χ2n) is 3.19. The van der Waals surface area contributed by atoms with Gasteiger partial charge in [-0.05, 0) is 6.07 Å². The van der Waals surface area contributed by atoms with Crippen LogP contribution in [-0.4, -0.2) is 31.2 Å². The van der Waals surface area contributed by atoms with Gasteiger partial charge in [0.05, 0.1) is 18.4 Å². The number of ether oxygens (including phenoxy) is 2. The number of aromatic nitrogens is 1. The van der Waals surface area contributed by atoms with Crippen molar-refractivity contribution in [3.05, 3.63) is 23.5 Å². The summed E-state index contributed by atoms with van der Waals surface area (Å²) in [4.78, 5) is 15.4. The second kappa shape index (κ2) is 5.67. The normalized spacial score (nSPS) is 13.8. The molecule has 2 heterocycles. The highest BCUT2D eigenvalue weighted by Crippen LogP contribution is 2.19. The minimum Gasteiger partial charge on any atom is -0.490 e. The van der Waals surface area contributed by atoms with Gasteiger partial charge in [0.25, 0.3) is 0 Å². The van der Waals surface area contributed by atoms with Gasteiger partial charge in [-0.1, -0.05) is 0 Å². The van der Waals surface area contributed by atoms with Gasteiger partial charge in [-0.25, -0.2) is 4.79 Å². The Bertz CT molecular complexity index is 384. The first kappa shape index (κ1) is 12.7. The third-order valence-electron chi connectivity index (χ3n) is 2.18. The van der Waals surface area contributed by atoms with E-state index in [2.05, 4.69) is 15.0 Å². The Morgan fingerprint density at radius 2 is 2.44 bits per heavy atom. The highest BCUT2D eigenvalue weighted by molar-refractivity contribution is 5.89. The number of carbonyl (C=O) groups is 1. The van der Waals surface area contributed by atoms with E-state index in [-0.39, 0.29) is 12.4 Å². The van der Waals surface area contributed by atoms with Gasteiger partial charge in [0.1, 0.15) is 12.4 Å². The Morgan fingerprint density at radius 3 is 3.19 bits per heavy atom. The van der Waals surface area contributed by atoms with E-state index in [1.54, 1.807) is 6.07 Å². The summed E-state index contributed by atoms with van der Waals surface area (Å²) in [5, 5.41) is 3.16. The molecule has 0 amide bonds. The molecule has 88 valence electrons. The van der Waals surface area contributed by atoms with Crippen LogP contribution in [0.25, 0.3) is 0 Å². The van der Waals surface area contributed by atoms with Crippen molar-refractivity contribution in [1.29, 1.82) is 0 Å². The van der Waals surface area contributed by atoms with Crippen LogP contribution in [0.4, 0.5) is 0 Å². The number of methoxy groups -OCH3 is 1. The molecule has 16 heavy (non-hydrogen) atoms. The molecule has 5 nitrogen and oxygen atoms in total. The van der Waals surface area contributed by atoms with Crippen LogP contribution in [0.3, 0.4) is 0 Å². The van der Waals surface area contributed by atoms with E-state index in [0.717, 1.165) is 12.2 Å². The number of carbonyl (C=O) groups excluding carboxylic acids is 1. The molecule has 0 atom stereocenters. The monoisotopic (exact) mass is 244 g/mol. The lowest BCUT2D eigenvalue weighted by Crippen LogP contribution is -2.16. The first-order chi connectivity index (χ1) is 7.31. The van der Waals surface area contributed by atoms with Crippen LogP contribution in [0.15, 0.2) is 12.3 Å². The Kier molecular flexibility index (Phi) is 4.52. The van der Waals surface area contributed by atoms with Crippen LogP contribution in [0, 0.1) is 0 Å². The highest BCUT2D eigenvalue weighted by Gasteiger charge is 2.13. The van der Waals surface area contributed by atoms with E-state index < -0.39 is 5.97 Å². The van der Waals surface area contributed by atoms with Crippen molar-refractivity contribution in [2.45, 2.75) is 6.54 Å². The van der Waals surface area contributed by atoms with Gasteiger partial charge in [0, 0.05) is 19.3 Å². The summed E-state index contributed by atoms with van der Waals surface area (Å²) in [5.74, 6) is 0.258. The smallest absolute Gasteiger partial charge is 0.339 e. The van der Waals surface area contributed by atoms with Crippen LogP contribution in [0.2, 0.25) is 0 Å². The number of nitrogens with zero attached hydrogens (tertiary/aromatic N) is 1. The zero-order valence-corrected chi connectivity index (χ0v) is 9.67. The van der Waals surface area contributed by atoms with Crippen LogP contribution in [0.1, 0.15) is 16.1 Å². The number of nitrogens with one attached hydrogen (secondary N) is 1. The number of fused-ring (bicyclic) bond motifs is 1. The third-order valence-corrected chi connectivity index (χ3v) is 2.18. The van der Waals surface area contributed by atoms with E-state index in [1.807, 2.05) is 0 Å². The van der Waals surface area contributed by atoms with Gasteiger partial charge in [-0.2, -0.15) is 0 Å². The lowest BCUT2D eigenvalue weighted by atomic mass is 10.2. The van der Waals surface area contributed by atoms with Crippen LogP contribution < -0.4 is 10.1 Å². The lowest BCUT2D eigenvalue weighted by molar-refractivity contribution is 0.0599. The molecule has 0 radical (unpaired) electrons. The molecule has 1 aromatic rings. The van der Waals surface area contributed by atoms with Crippen molar-refractivity contribution < 1.29 is 14.3 Å². The number of rotatable bonds is 1. The van der Waals surface area contributed by atoms with Crippen LogP contribution in [0.5, 0.6) is 5.75 Å². The molecule has 6 heteroatoms. The van der Waals surface area contributed by atoms with Crippen molar-refractivity contribution in [3.8, 4) is 5.75 Å². The topological polar surface area (TPSA) is 60.5 Å². The Morgan fingerprint density at radius 1 is 1.62 bits per heavy atom. The van der Waals surface area contributed by atoms with Gasteiger partial charge in [-0.3, -0.25) is 4.98 Å². The maximum atomic E-state index is 11.3. The predicted octanol–water partition coefficient (Wildman–Crippen LogP) is 0.772. The van der Waals surface area contributed by atoms with E-state index in [9.17, 15) is 4.79 Å². The third kappa shape index (κ3) is 2.62.